The molecule has 0 atom stereocenters. The molecule has 0 fully saturated rings. The van der Waals surface area contributed by atoms with E-state index in [4.69, 9.17) is 28.4 Å². The van der Waals surface area contributed by atoms with Crippen molar-refractivity contribution < 1.29 is 38.6 Å². The third-order valence-corrected chi connectivity index (χ3v) is 13.5. The van der Waals surface area contributed by atoms with Crippen LogP contribution in [-0.2, 0) is 31.3 Å². The van der Waals surface area contributed by atoms with E-state index in [1.54, 1.807) is 26.0 Å². The highest BCUT2D eigenvalue weighted by Crippen LogP contribution is 2.38. The Labute approximate surface area is 332 Å². The van der Waals surface area contributed by atoms with E-state index in [1.807, 2.05) is 48.5 Å². The fraction of sp³-hybridized carbons (Fsp3) is 0.182. The maximum Gasteiger partial charge on any atom is 0.188 e. The smallest absolute Gasteiger partial charge is 0.188 e. The van der Waals surface area contributed by atoms with Crippen LogP contribution in [0.2, 0.25) is 0 Å². The molecule has 0 aliphatic heterocycles. The van der Waals surface area contributed by atoms with Crippen LogP contribution in [0, 0.1) is 0 Å². The average molecular weight is 797 g/mol. The quantitative estimate of drug-likeness (QED) is 0.0581. The summed E-state index contributed by atoms with van der Waals surface area (Å²) in [6, 6.07) is 50.0. The first-order valence-corrected chi connectivity index (χ1v) is 20.8. The number of rotatable bonds is 20. The summed E-state index contributed by atoms with van der Waals surface area (Å²) in [5.74, 6) is 2.94. The Morgan fingerprint density at radius 1 is 0.382 bits per heavy atom. The molecule has 6 rings (SSSR count). The second-order valence-electron chi connectivity index (χ2n) is 11.8. The van der Waals surface area contributed by atoms with Crippen LogP contribution >= 0.6 is 11.8 Å². The van der Waals surface area contributed by atoms with Crippen molar-refractivity contribution in [2.75, 3.05) is 54.2 Å². The van der Waals surface area contributed by atoms with Crippen LogP contribution in [0.5, 0.6) is 23.0 Å². The lowest BCUT2D eigenvalue weighted by Crippen LogP contribution is -2.06. The van der Waals surface area contributed by atoms with Crippen molar-refractivity contribution in [2.45, 2.75) is 39.2 Å². The molecule has 11 heteroatoms. The van der Waals surface area contributed by atoms with Gasteiger partial charge in [-0.05, 0) is 146 Å². The van der Waals surface area contributed by atoms with Crippen LogP contribution in [-0.4, -0.2) is 64.4 Å². The zero-order valence-electron chi connectivity index (χ0n) is 30.7. The molecule has 0 heterocycles. The van der Waals surface area contributed by atoms with Gasteiger partial charge in [0, 0.05) is 24.0 Å². The number of ether oxygens (including phenoxy) is 6. The standard InChI is InChI=1S/C44H44O8S3/c1-47-31-51-35-7-19-41(20-8-35)55(42-21-9-36(10-22-42)52-32-48-2)44-25-13-38(14-26-44)53-37-11-23-43(24-12-37)54(39-15-3-33(4-16-39)49-29-27-45)40-17-5-34(6-18-40)50-30-28-46/h3-26,45-46H,27-32H2,1-2H3/q+2. The van der Waals surface area contributed by atoms with Crippen LogP contribution < -0.4 is 18.9 Å². The molecule has 0 aliphatic carbocycles. The van der Waals surface area contributed by atoms with Gasteiger partial charge in [0.05, 0.1) is 35.0 Å². The summed E-state index contributed by atoms with van der Waals surface area (Å²) in [6.45, 7) is 0.831. The first-order chi connectivity index (χ1) is 27.1. The van der Waals surface area contributed by atoms with Crippen LogP contribution in [0.3, 0.4) is 0 Å². The van der Waals surface area contributed by atoms with E-state index >= 15 is 0 Å². The van der Waals surface area contributed by atoms with Crippen molar-refractivity contribution in [3.05, 3.63) is 146 Å². The fourth-order valence-electron chi connectivity index (χ4n) is 5.51. The number of methoxy groups -OCH3 is 2. The van der Waals surface area contributed by atoms with E-state index in [9.17, 15) is 10.2 Å². The maximum absolute atomic E-state index is 9.17. The summed E-state index contributed by atoms with van der Waals surface area (Å²) in [5, 5.41) is 18.3. The Hall–Kier alpha value is -4.59. The molecule has 55 heavy (non-hydrogen) atoms. The Morgan fingerprint density at radius 2 is 0.636 bits per heavy atom. The highest BCUT2D eigenvalue weighted by atomic mass is 32.2. The Kier molecular flexibility index (Phi) is 15.2. The molecule has 0 radical (unpaired) electrons. The predicted octanol–water partition coefficient (Wildman–Crippen LogP) is 8.74. The Balaban J connectivity index is 1.22. The molecule has 0 bridgehead atoms. The van der Waals surface area contributed by atoms with E-state index in [0.717, 1.165) is 42.6 Å². The maximum atomic E-state index is 9.17. The summed E-state index contributed by atoms with van der Waals surface area (Å²) in [7, 11) is 2.45. The lowest BCUT2D eigenvalue weighted by molar-refractivity contribution is 0.0509. The van der Waals surface area contributed by atoms with Gasteiger partial charge in [0.15, 0.2) is 43.0 Å². The van der Waals surface area contributed by atoms with Gasteiger partial charge < -0.3 is 38.6 Å². The average Bonchev–Trinajstić information content (AvgIpc) is 3.24. The zero-order valence-corrected chi connectivity index (χ0v) is 33.1. The molecule has 0 aromatic heterocycles. The van der Waals surface area contributed by atoms with Crippen molar-refractivity contribution in [1.29, 1.82) is 0 Å². The van der Waals surface area contributed by atoms with Crippen LogP contribution in [0.15, 0.2) is 185 Å². The minimum Gasteiger partial charge on any atom is -0.491 e. The predicted molar refractivity (Wildman–Crippen MR) is 217 cm³/mol. The minimum absolute atomic E-state index is 0.0343. The van der Waals surface area contributed by atoms with Gasteiger partial charge >= 0.3 is 0 Å². The normalized spacial score (nSPS) is 11.2. The largest absolute Gasteiger partial charge is 0.491 e. The summed E-state index contributed by atoms with van der Waals surface area (Å²) in [5.41, 5.74) is 0. The molecule has 0 aliphatic rings. The van der Waals surface area contributed by atoms with Crippen molar-refractivity contribution in [3.63, 3.8) is 0 Å². The zero-order chi connectivity index (χ0) is 38.2. The molecule has 0 saturated heterocycles. The number of aliphatic hydroxyl groups is 2. The number of hydrogen-bond donors (Lipinski definition) is 2. The van der Waals surface area contributed by atoms with Crippen LogP contribution in [0.25, 0.3) is 0 Å². The SMILES string of the molecule is COCOc1ccc([S+](c2ccc(OCOC)cc2)c2ccc(Sc3ccc([S+](c4ccc(OCCO)cc4)c4ccc(OCCO)cc4)cc3)cc2)cc1. The molecule has 6 aromatic carbocycles. The third-order valence-electron chi connectivity index (χ3n) is 8.00. The summed E-state index contributed by atoms with van der Waals surface area (Å²) in [6.07, 6.45) is 0. The molecule has 0 saturated carbocycles. The van der Waals surface area contributed by atoms with Gasteiger partial charge in [-0.15, -0.1) is 0 Å². The second kappa shape index (κ2) is 20.9. The van der Waals surface area contributed by atoms with Crippen molar-refractivity contribution in [3.8, 4) is 23.0 Å². The van der Waals surface area contributed by atoms with Gasteiger partial charge in [0.2, 0.25) is 0 Å². The van der Waals surface area contributed by atoms with E-state index in [-0.39, 0.29) is 50.9 Å². The third kappa shape index (κ3) is 11.2. The molecular weight excluding hydrogens is 753 g/mol. The molecular formula is C44H44O8S3+2. The van der Waals surface area contributed by atoms with Gasteiger partial charge in [-0.3, -0.25) is 0 Å². The van der Waals surface area contributed by atoms with Crippen molar-refractivity contribution in [1.82, 2.24) is 0 Å². The summed E-state index contributed by atoms with van der Waals surface area (Å²) < 4.78 is 32.7. The Morgan fingerprint density at radius 3 is 0.891 bits per heavy atom. The Bertz CT molecular complexity index is 1760. The van der Waals surface area contributed by atoms with Gasteiger partial charge in [-0.1, -0.05) is 11.8 Å². The van der Waals surface area contributed by atoms with E-state index in [1.165, 1.54) is 19.6 Å². The molecule has 2 N–H and O–H groups in total. The molecule has 284 valence electrons. The van der Waals surface area contributed by atoms with Crippen molar-refractivity contribution in [2.24, 2.45) is 0 Å². The van der Waals surface area contributed by atoms with Gasteiger partial charge in [0.1, 0.15) is 36.2 Å². The lowest BCUT2D eigenvalue weighted by atomic mass is 10.3. The van der Waals surface area contributed by atoms with Gasteiger partial charge in [-0.25, -0.2) is 0 Å². The number of aliphatic hydroxyl groups excluding tert-OH is 2. The molecule has 6 aromatic rings. The minimum atomic E-state index is -0.396. The highest BCUT2D eigenvalue weighted by molar-refractivity contribution is 7.99. The second-order valence-corrected chi connectivity index (χ2v) is 17.0. The lowest BCUT2D eigenvalue weighted by Gasteiger charge is -2.12. The summed E-state index contributed by atoms with van der Waals surface area (Å²) >= 11 is 1.73. The van der Waals surface area contributed by atoms with Crippen LogP contribution in [0.4, 0.5) is 0 Å². The molecule has 0 amide bonds. The van der Waals surface area contributed by atoms with E-state index in [0.29, 0.717) is 0 Å². The number of benzene rings is 6. The first-order valence-electron chi connectivity index (χ1n) is 17.6. The first kappa shape index (κ1) is 40.1. The molecule has 0 unspecified atom stereocenters. The topological polar surface area (TPSA) is 95.8 Å². The van der Waals surface area contributed by atoms with E-state index in [2.05, 4.69) is 97.1 Å². The van der Waals surface area contributed by atoms with Crippen molar-refractivity contribution >= 4 is 33.6 Å². The van der Waals surface area contributed by atoms with Crippen LogP contribution in [0.1, 0.15) is 0 Å². The highest BCUT2D eigenvalue weighted by Gasteiger charge is 2.30. The monoisotopic (exact) mass is 796 g/mol. The van der Waals surface area contributed by atoms with Gasteiger partial charge in [-0.2, -0.15) is 0 Å². The van der Waals surface area contributed by atoms with E-state index < -0.39 is 10.9 Å². The number of hydrogen-bond acceptors (Lipinski definition) is 9. The fourth-order valence-corrected chi connectivity index (χ4v) is 10.4. The molecule has 0 spiro atoms. The van der Waals surface area contributed by atoms with Gasteiger partial charge in [0.25, 0.3) is 0 Å². The summed E-state index contributed by atoms with van der Waals surface area (Å²) in [4.78, 5) is 9.26. The molecule has 8 nitrogen and oxygen atoms in total.